The van der Waals surface area contributed by atoms with Crippen molar-refractivity contribution in [1.29, 1.82) is 0 Å². The number of H-pyrrole nitrogens is 2. The monoisotopic (exact) mass is 418 g/mol. The Bertz CT molecular complexity index is 1360. The van der Waals surface area contributed by atoms with Gasteiger partial charge in [0.15, 0.2) is 4.77 Å². The van der Waals surface area contributed by atoms with Crippen molar-refractivity contribution in [2.75, 3.05) is 6.54 Å². The van der Waals surface area contributed by atoms with Crippen molar-refractivity contribution >= 4 is 23.1 Å². The van der Waals surface area contributed by atoms with Crippen molar-refractivity contribution < 1.29 is 5.11 Å². The zero-order valence-corrected chi connectivity index (χ0v) is 17.3. The van der Waals surface area contributed by atoms with Gasteiger partial charge in [0.1, 0.15) is 5.56 Å². The zero-order chi connectivity index (χ0) is 20.8. The fraction of sp³-hybridized carbons (Fsp3) is 0.217. The summed E-state index contributed by atoms with van der Waals surface area (Å²) in [6.07, 6.45) is 1.77. The minimum Gasteiger partial charge on any atom is -0.494 e. The standard InChI is InChI=1S/C23H22N4O2S/c1-2-13-7-9-14(10-8-13)27-22(29)18(21(28)26-23(27)30)20-19-16(11-12-24-20)15-5-3-4-6-17(15)25-19/h3-10,20,24-25,29H,2,11-12H2,1H3,(H,26,28,30)/t20-/m1/s1. The van der Waals surface area contributed by atoms with Crippen molar-refractivity contribution in [2.45, 2.75) is 25.8 Å². The number of nitrogens with zero attached hydrogens (tertiary/aromatic N) is 1. The first-order valence-electron chi connectivity index (χ1n) is 10.1. The van der Waals surface area contributed by atoms with Crippen LogP contribution < -0.4 is 10.9 Å². The second-order valence-electron chi connectivity index (χ2n) is 7.55. The van der Waals surface area contributed by atoms with E-state index in [0.717, 1.165) is 29.4 Å². The van der Waals surface area contributed by atoms with E-state index in [4.69, 9.17) is 12.2 Å². The Morgan fingerprint density at radius 1 is 1.13 bits per heavy atom. The molecule has 0 saturated carbocycles. The summed E-state index contributed by atoms with van der Waals surface area (Å²) in [6.45, 7) is 2.79. The van der Waals surface area contributed by atoms with Gasteiger partial charge in [0.25, 0.3) is 5.56 Å². The minimum atomic E-state index is -0.457. The van der Waals surface area contributed by atoms with Crippen LogP contribution in [-0.2, 0) is 12.8 Å². The molecule has 1 aliphatic heterocycles. The number of aromatic nitrogens is 3. The van der Waals surface area contributed by atoms with Crippen LogP contribution in [0.5, 0.6) is 5.88 Å². The maximum Gasteiger partial charge on any atom is 0.260 e. The van der Waals surface area contributed by atoms with E-state index in [2.05, 4.69) is 28.3 Å². The maximum absolute atomic E-state index is 12.9. The van der Waals surface area contributed by atoms with Gasteiger partial charge in [0.2, 0.25) is 5.88 Å². The second kappa shape index (κ2) is 7.27. The van der Waals surface area contributed by atoms with E-state index in [0.29, 0.717) is 12.2 Å². The normalized spacial score (nSPS) is 16.0. The molecule has 1 aliphatic rings. The van der Waals surface area contributed by atoms with Crippen molar-refractivity contribution in [1.82, 2.24) is 19.9 Å². The lowest BCUT2D eigenvalue weighted by Crippen LogP contribution is -2.35. The Morgan fingerprint density at radius 3 is 2.67 bits per heavy atom. The lowest BCUT2D eigenvalue weighted by Gasteiger charge is -2.25. The first kappa shape index (κ1) is 18.8. The van der Waals surface area contributed by atoms with Crippen molar-refractivity contribution in [3.63, 3.8) is 0 Å². The molecular formula is C23H22N4O2S. The fourth-order valence-corrected chi connectivity index (χ4v) is 4.63. The van der Waals surface area contributed by atoms with Gasteiger partial charge in [-0.2, -0.15) is 0 Å². The van der Waals surface area contributed by atoms with Crippen LogP contribution in [-0.4, -0.2) is 26.2 Å². The molecule has 3 heterocycles. The highest BCUT2D eigenvalue weighted by atomic mass is 32.1. The molecule has 0 radical (unpaired) electrons. The van der Waals surface area contributed by atoms with E-state index in [1.165, 1.54) is 15.7 Å². The molecule has 6 nitrogen and oxygen atoms in total. The highest BCUT2D eigenvalue weighted by Crippen LogP contribution is 2.35. The van der Waals surface area contributed by atoms with E-state index >= 15 is 0 Å². The quantitative estimate of drug-likeness (QED) is 0.381. The van der Waals surface area contributed by atoms with Crippen molar-refractivity contribution in [2.24, 2.45) is 0 Å². The maximum atomic E-state index is 12.9. The summed E-state index contributed by atoms with van der Waals surface area (Å²) in [5.41, 5.74) is 4.88. The largest absolute Gasteiger partial charge is 0.494 e. The fourth-order valence-electron chi connectivity index (χ4n) is 4.35. The summed E-state index contributed by atoms with van der Waals surface area (Å²) in [4.78, 5) is 19.1. The smallest absolute Gasteiger partial charge is 0.260 e. The second-order valence-corrected chi connectivity index (χ2v) is 7.94. The van der Waals surface area contributed by atoms with E-state index in [1.807, 2.05) is 42.5 Å². The van der Waals surface area contributed by atoms with E-state index in [9.17, 15) is 9.90 Å². The Balaban J connectivity index is 1.71. The van der Waals surface area contributed by atoms with Crippen LogP contribution in [0.4, 0.5) is 0 Å². The van der Waals surface area contributed by atoms with Crippen LogP contribution in [0.15, 0.2) is 53.3 Å². The Hall–Kier alpha value is -3.16. The van der Waals surface area contributed by atoms with Gasteiger partial charge < -0.3 is 15.4 Å². The molecule has 152 valence electrons. The van der Waals surface area contributed by atoms with Gasteiger partial charge in [-0.1, -0.05) is 37.3 Å². The SMILES string of the molecule is CCc1ccc(-n2c(O)c([C@H]3NCCc4c3[nH]c3ccccc43)c(=O)[nH]c2=S)cc1. The van der Waals surface area contributed by atoms with Crippen LogP contribution in [0.2, 0.25) is 0 Å². The molecule has 4 aromatic rings. The molecule has 4 N–H and O–H groups in total. The van der Waals surface area contributed by atoms with Gasteiger partial charge in [0.05, 0.1) is 11.7 Å². The lowest BCUT2D eigenvalue weighted by molar-refractivity contribution is 0.412. The average molecular weight is 419 g/mol. The van der Waals surface area contributed by atoms with Gasteiger partial charge in [-0.3, -0.25) is 14.3 Å². The third kappa shape index (κ3) is 2.89. The summed E-state index contributed by atoms with van der Waals surface area (Å²) in [5, 5.41) is 15.7. The molecule has 0 saturated heterocycles. The number of aromatic hydroxyl groups is 1. The van der Waals surface area contributed by atoms with E-state index < -0.39 is 6.04 Å². The topological polar surface area (TPSA) is 85.8 Å². The van der Waals surface area contributed by atoms with Gasteiger partial charge in [-0.05, 0) is 54.4 Å². The highest BCUT2D eigenvalue weighted by Gasteiger charge is 2.30. The Labute approximate surface area is 178 Å². The summed E-state index contributed by atoms with van der Waals surface area (Å²) in [5.74, 6) is -0.142. The predicted octanol–water partition coefficient (Wildman–Crippen LogP) is 3.88. The lowest BCUT2D eigenvalue weighted by atomic mass is 9.95. The third-order valence-corrected chi connectivity index (χ3v) is 6.16. The van der Waals surface area contributed by atoms with E-state index in [-0.39, 0.29) is 21.8 Å². The third-order valence-electron chi connectivity index (χ3n) is 5.87. The van der Waals surface area contributed by atoms with Crippen LogP contribution in [0, 0.1) is 4.77 Å². The molecule has 2 aromatic carbocycles. The first-order valence-corrected chi connectivity index (χ1v) is 10.5. The van der Waals surface area contributed by atoms with Gasteiger partial charge in [0, 0.05) is 23.1 Å². The number of nitrogens with one attached hydrogen (secondary N) is 3. The average Bonchev–Trinajstić information content (AvgIpc) is 3.13. The molecule has 0 unspecified atom stereocenters. The molecule has 30 heavy (non-hydrogen) atoms. The molecule has 2 aromatic heterocycles. The van der Waals surface area contributed by atoms with Crippen molar-refractivity contribution in [3.8, 4) is 11.6 Å². The van der Waals surface area contributed by atoms with Gasteiger partial charge >= 0.3 is 0 Å². The predicted molar refractivity (Wildman–Crippen MR) is 120 cm³/mol. The van der Waals surface area contributed by atoms with Gasteiger partial charge in [-0.15, -0.1) is 0 Å². The van der Waals surface area contributed by atoms with E-state index in [1.54, 1.807) is 0 Å². The first-order chi connectivity index (χ1) is 14.6. The molecule has 1 atom stereocenters. The molecule has 7 heteroatoms. The molecule has 0 spiro atoms. The summed E-state index contributed by atoms with van der Waals surface area (Å²) < 4.78 is 1.68. The van der Waals surface area contributed by atoms with Crippen LogP contribution in [0.25, 0.3) is 16.6 Å². The minimum absolute atomic E-state index is 0.142. The van der Waals surface area contributed by atoms with Crippen LogP contribution >= 0.6 is 12.2 Å². The number of hydrogen-bond donors (Lipinski definition) is 4. The Kier molecular flexibility index (Phi) is 4.56. The van der Waals surface area contributed by atoms with Gasteiger partial charge in [-0.25, -0.2) is 0 Å². The van der Waals surface area contributed by atoms with Crippen molar-refractivity contribution in [3.05, 3.63) is 86.0 Å². The number of hydrogen-bond acceptors (Lipinski definition) is 4. The molecule has 0 aliphatic carbocycles. The number of fused-ring (bicyclic) bond motifs is 3. The number of rotatable bonds is 3. The van der Waals surface area contributed by atoms with Crippen LogP contribution in [0.1, 0.15) is 35.3 Å². The zero-order valence-electron chi connectivity index (χ0n) is 16.5. The molecule has 0 bridgehead atoms. The number of aryl methyl sites for hydroxylation is 1. The summed E-state index contributed by atoms with van der Waals surface area (Å²) in [6, 6.07) is 15.4. The highest BCUT2D eigenvalue weighted by molar-refractivity contribution is 7.71. The number of aromatic amines is 2. The molecule has 5 rings (SSSR count). The molecule has 0 fully saturated rings. The van der Waals surface area contributed by atoms with Crippen LogP contribution in [0.3, 0.4) is 0 Å². The summed E-state index contributed by atoms with van der Waals surface area (Å²) >= 11 is 5.38. The summed E-state index contributed by atoms with van der Waals surface area (Å²) in [7, 11) is 0. The number of benzene rings is 2. The number of para-hydroxylation sites is 1. The Morgan fingerprint density at radius 2 is 1.90 bits per heavy atom. The molecular weight excluding hydrogens is 396 g/mol. The molecule has 0 amide bonds.